The minimum absolute atomic E-state index is 0.105. The molecule has 0 spiro atoms. The fourth-order valence-electron chi connectivity index (χ4n) is 3.98. The number of rotatable bonds is 5. The Morgan fingerprint density at radius 2 is 1.78 bits per heavy atom. The third-order valence-corrected chi connectivity index (χ3v) is 5.82. The fraction of sp³-hybridized carbons (Fsp3) is 0.667. The summed E-state index contributed by atoms with van der Waals surface area (Å²) in [6.07, 6.45) is 3.46. The number of methoxy groups -OCH3 is 1. The molecule has 1 saturated heterocycles. The summed E-state index contributed by atoms with van der Waals surface area (Å²) in [5, 5.41) is 0. The van der Waals surface area contributed by atoms with Crippen LogP contribution >= 0.6 is 0 Å². The van der Waals surface area contributed by atoms with Crippen LogP contribution in [0.1, 0.15) is 65.4 Å². The van der Waals surface area contributed by atoms with E-state index in [0.29, 0.717) is 18.2 Å². The van der Waals surface area contributed by atoms with Crippen LogP contribution in [0.5, 0.6) is 0 Å². The molecule has 2 amide bonds. The maximum absolute atomic E-state index is 13.7. The molecular weight excluding hydrogens is 410 g/mol. The standard InChI is InChI=1S/C24H35N3O5/c1-15(2)16-7-10-20(25-12-16)27(19-8-9-19)21(28)17-11-18(22(29)31-6)14-26(13-17)23(30)32-24(3,4)5/h7,10,12,15,17-19H,8-9,11,13-14H2,1-6H3/t17-,18+/m1/s1. The smallest absolute Gasteiger partial charge is 0.410 e. The summed E-state index contributed by atoms with van der Waals surface area (Å²) >= 11 is 0. The van der Waals surface area contributed by atoms with E-state index in [0.717, 1.165) is 18.4 Å². The molecule has 2 aliphatic rings. The second-order valence-corrected chi connectivity index (χ2v) is 10.1. The molecule has 1 aromatic heterocycles. The van der Waals surface area contributed by atoms with Crippen molar-refractivity contribution in [2.24, 2.45) is 11.8 Å². The minimum Gasteiger partial charge on any atom is -0.469 e. The Morgan fingerprint density at radius 3 is 2.28 bits per heavy atom. The van der Waals surface area contributed by atoms with Crippen molar-refractivity contribution in [1.82, 2.24) is 9.88 Å². The summed E-state index contributed by atoms with van der Waals surface area (Å²) in [7, 11) is 1.32. The highest BCUT2D eigenvalue weighted by Crippen LogP contribution is 2.35. The Labute approximate surface area is 190 Å². The lowest BCUT2D eigenvalue weighted by atomic mass is 9.88. The highest BCUT2D eigenvalue weighted by molar-refractivity contribution is 5.96. The zero-order valence-electron chi connectivity index (χ0n) is 20.0. The third-order valence-electron chi connectivity index (χ3n) is 5.82. The van der Waals surface area contributed by atoms with Crippen LogP contribution in [0.2, 0.25) is 0 Å². The predicted molar refractivity (Wildman–Crippen MR) is 120 cm³/mol. The molecule has 176 valence electrons. The van der Waals surface area contributed by atoms with E-state index in [4.69, 9.17) is 9.47 Å². The van der Waals surface area contributed by atoms with Crippen LogP contribution in [0.25, 0.3) is 0 Å². The molecule has 2 heterocycles. The van der Waals surface area contributed by atoms with Crippen molar-refractivity contribution < 1.29 is 23.9 Å². The van der Waals surface area contributed by atoms with E-state index in [1.807, 2.05) is 18.3 Å². The van der Waals surface area contributed by atoms with Gasteiger partial charge in [-0.05, 0) is 57.6 Å². The highest BCUT2D eigenvalue weighted by Gasteiger charge is 2.43. The summed E-state index contributed by atoms with van der Waals surface area (Å²) in [6.45, 7) is 9.94. The number of esters is 1. The van der Waals surface area contributed by atoms with Crippen LogP contribution in [0.3, 0.4) is 0 Å². The van der Waals surface area contributed by atoms with E-state index >= 15 is 0 Å². The number of aromatic nitrogens is 1. The average molecular weight is 446 g/mol. The number of ether oxygens (including phenoxy) is 2. The number of carbonyl (C=O) groups excluding carboxylic acids is 3. The summed E-state index contributed by atoms with van der Waals surface area (Å²) in [6, 6.07) is 3.99. The van der Waals surface area contributed by atoms with Gasteiger partial charge in [0.2, 0.25) is 5.91 Å². The highest BCUT2D eigenvalue weighted by atomic mass is 16.6. The van der Waals surface area contributed by atoms with Gasteiger partial charge in [0.1, 0.15) is 11.4 Å². The van der Waals surface area contributed by atoms with Crippen molar-refractivity contribution in [3.8, 4) is 0 Å². The molecule has 0 aromatic carbocycles. The number of pyridine rings is 1. The zero-order valence-corrected chi connectivity index (χ0v) is 20.0. The number of likely N-dealkylation sites (tertiary alicyclic amines) is 1. The van der Waals surface area contributed by atoms with E-state index in [1.54, 1.807) is 25.7 Å². The molecule has 0 bridgehead atoms. The second-order valence-electron chi connectivity index (χ2n) is 10.1. The van der Waals surface area contributed by atoms with Crippen LogP contribution in [0.4, 0.5) is 10.6 Å². The number of carbonyl (C=O) groups is 3. The van der Waals surface area contributed by atoms with Crippen molar-refractivity contribution >= 4 is 23.8 Å². The Kier molecular flexibility index (Phi) is 7.10. The van der Waals surface area contributed by atoms with Crippen LogP contribution in [-0.4, -0.2) is 59.7 Å². The first-order valence-corrected chi connectivity index (χ1v) is 11.3. The average Bonchev–Trinajstić information content (AvgIpc) is 3.57. The molecular formula is C24H35N3O5. The van der Waals surface area contributed by atoms with Crippen molar-refractivity contribution in [3.63, 3.8) is 0 Å². The molecule has 32 heavy (non-hydrogen) atoms. The molecule has 0 unspecified atom stereocenters. The molecule has 8 nitrogen and oxygen atoms in total. The molecule has 3 rings (SSSR count). The second kappa shape index (κ2) is 9.46. The van der Waals surface area contributed by atoms with Gasteiger partial charge >= 0.3 is 12.1 Å². The zero-order chi connectivity index (χ0) is 23.6. The van der Waals surface area contributed by atoms with Gasteiger partial charge < -0.3 is 14.4 Å². The number of nitrogens with zero attached hydrogens (tertiary/aromatic N) is 3. The van der Waals surface area contributed by atoms with Gasteiger partial charge in [-0.1, -0.05) is 19.9 Å². The van der Waals surface area contributed by atoms with E-state index in [1.165, 1.54) is 12.0 Å². The van der Waals surface area contributed by atoms with Crippen molar-refractivity contribution in [3.05, 3.63) is 23.9 Å². The Hall–Kier alpha value is -2.64. The first kappa shape index (κ1) is 24.0. The molecule has 2 fully saturated rings. The van der Waals surface area contributed by atoms with Crippen LogP contribution in [0, 0.1) is 11.8 Å². The van der Waals surface area contributed by atoms with Gasteiger partial charge in [0, 0.05) is 25.3 Å². The quantitative estimate of drug-likeness (QED) is 0.642. The first-order chi connectivity index (χ1) is 15.0. The van der Waals surface area contributed by atoms with Crippen molar-refractivity contribution in [2.45, 2.75) is 71.4 Å². The summed E-state index contributed by atoms with van der Waals surface area (Å²) in [5.74, 6) is -0.679. The lowest BCUT2D eigenvalue weighted by molar-refractivity contribution is -0.148. The molecule has 1 aromatic rings. The van der Waals surface area contributed by atoms with Gasteiger partial charge in [0.15, 0.2) is 0 Å². The summed E-state index contributed by atoms with van der Waals surface area (Å²) in [4.78, 5) is 46.5. The van der Waals surface area contributed by atoms with Crippen LogP contribution < -0.4 is 4.90 Å². The van der Waals surface area contributed by atoms with Gasteiger partial charge in [-0.15, -0.1) is 0 Å². The third kappa shape index (κ3) is 5.78. The Morgan fingerprint density at radius 1 is 1.12 bits per heavy atom. The lowest BCUT2D eigenvalue weighted by Gasteiger charge is -2.38. The molecule has 8 heteroatoms. The molecule has 1 aliphatic heterocycles. The Bertz CT molecular complexity index is 842. The molecule has 2 atom stereocenters. The van der Waals surface area contributed by atoms with Gasteiger partial charge in [-0.3, -0.25) is 14.5 Å². The normalized spacial score (nSPS) is 21.3. The van der Waals surface area contributed by atoms with Gasteiger partial charge in [-0.25, -0.2) is 9.78 Å². The first-order valence-electron chi connectivity index (χ1n) is 11.3. The van der Waals surface area contributed by atoms with Gasteiger partial charge in [-0.2, -0.15) is 0 Å². The van der Waals surface area contributed by atoms with Crippen molar-refractivity contribution in [1.29, 1.82) is 0 Å². The van der Waals surface area contributed by atoms with E-state index in [9.17, 15) is 14.4 Å². The Balaban J connectivity index is 1.84. The summed E-state index contributed by atoms with van der Waals surface area (Å²) < 4.78 is 10.4. The van der Waals surface area contributed by atoms with Gasteiger partial charge in [0.25, 0.3) is 0 Å². The topological polar surface area (TPSA) is 89.0 Å². The number of amides is 2. The largest absolute Gasteiger partial charge is 0.469 e. The van der Waals surface area contributed by atoms with Crippen LogP contribution in [-0.2, 0) is 19.1 Å². The van der Waals surface area contributed by atoms with E-state index in [2.05, 4.69) is 18.8 Å². The van der Waals surface area contributed by atoms with E-state index in [-0.39, 0.29) is 25.0 Å². The maximum Gasteiger partial charge on any atom is 0.410 e. The van der Waals surface area contributed by atoms with E-state index < -0.39 is 29.5 Å². The maximum atomic E-state index is 13.7. The monoisotopic (exact) mass is 445 g/mol. The van der Waals surface area contributed by atoms with Crippen molar-refractivity contribution in [2.75, 3.05) is 25.1 Å². The lowest BCUT2D eigenvalue weighted by Crippen LogP contribution is -2.52. The summed E-state index contributed by atoms with van der Waals surface area (Å²) in [5.41, 5.74) is 0.438. The predicted octanol–water partition coefficient (Wildman–Crippen LogP) is 3.75. The number of hydrogen-bond donors (Lipinski definition) is 0. The molecule has 1 aliphatic carbocycles. The van der Waals surface area contributed by atoms with Gasteiger partial charge in [0.05, 0.1) is 18.9 Å². The number of anilines is 1. The number of piperidine rings is 1. The minimum atomic E-state index is -0.670. The fourth-order valence-corrected chi connectivity index (χ4v) is 3.98. The molecule has 0 radical (unpaired) electrons. The van der Waals surface area contributed by atoms with Crippen LogP contribution in [0.15, 0.2) is 18.3 Å². The molecule has 1 saturated carbocycles. The molecule has 0 N–H and O–H groups in total. The number of hydrogen-bond acceptors (Lipinski definition) is 6. The SMILES string of the molecule is COC(=O)[C@H]1C[C@@H](C(=O)N(c2ccc(C(C)C)cn2)C2CC2)CN(C(=O)OC(C)(C)C)C1.